The maximum Gasteiger partial charge on any atom is 0.220 e. The molecule has 0 fully saturated rings. The molecule has 0 saturated carbocycles. The van der Waals surface area contributed by atoms with Gasteiger partial charge in [0, 0.05) is 23.6 Å². The molecule has 1 amide bonds. The fourth-order valence-electron chi connectivity index (χ4n) is 1.62. The van der Waals surface area contributed by atoms with E-state index in [1.54, 1.807) is 41.2 Å². The first-order valence-electron chi connectivity index (χ1n) is 6.37. The standard InChI is InChI=1S/C14H14Cl2N2O2S/c15-12-3-1-10(7-13(12)16)20-6-5-18-14(19)4-2-11-8-17-9-21-11/h1,3,7-9H,2,4-6H2,(H,18,19). The Bertz CT molecular complexity index is 591. The summed E-state index contributed by atoms with van der Waals surface area (Å²) in [4.78, 5) is 16.7. The minimum Gasteiger partial charge on any atom is -0.492 e. The molecule has 0 radical (unpaired) electrons. The van der Waals surface area contributed by atoms with Gasteiger partial charge in [0.15, 0.2) is 0 Å². The Labute approximate surface area is 137 Å². The first-order chi connectivity index (χ1) is 10.1. The predicted octanol–water partition coefficient (Wildman–Crippen LogP) is 3.58. The van der Waals surface area contributed by atoms with Gasteiger partial charge >= 0.3 is 0 Å². The summed E-state index contributed by atoms with van der Waals surface area (Å²) in [5.41, 5.74) is 1.76. The first-order valence-corrected chi connectivity index (χ1v) is 8.00. The molecule has 2 rings (SSSR count). The van der Waals surface area contributed by atoms with Crippen LogP contribution in [-0.2, 0) is 11.2 Å². The Morgan fingerprint density at radius 2 is 2.19 bits per heavy atom. The van der Waals surface area contributed by atoms with Gasteiger partial charge in [-0.05, 0) is 18.6 Å². The van der Waals surface area contributed by atoms with E-state index in [2.05, 4.69) is 10.3 Å². The third-order valence-corrected chi connectivity index (χ3v) is 4.24. The molecule has 1 N–H and O–H groups in total. The van der Waals surface area contributed by atoms with Crippen LogP contribution >= 0.6 is 34.5 Å². The van der Waals surface area contributed by atoms with Crippen molar-refractivity contribution in [2.45, 2.75) is 12.8 Å². The second-order valence-corrected chi connectivity index (χ2v) is 6.03. The second-order valence-electron chi connectivity index (χ2n) is 4.24. The molecular weight excluding hydrogens is 331 g/mol. The molecular formula is C14H14Cl2N2O2S. The minimum atomic E-state index is 0.00105. The fraction of sp³-hybridized carbons (Fsp3) is 0.286. The van der Waals surface area contributed by atoms with Crippen LogP contribution in [0.25, 0.3) is 0 Å². The van der Waals surface area contributed by atoms with Gasteiger partial charge in [-0.3, -0.25) is 9.78 Å². The van der Waals surface area contributed by atoms with Crippen LogP contribution in [-0.4, -0.2) is 24.0 Å². The molecule has 2 aromatic rings. The number of aromatic nitrogens is 1. The number of hydrogen-bond donors (Lipinski definition) is 1. The number of carbonyl (C=O) groups excluding carboxylic acids is 1. The van der Waals surface area contributed by atoms with Crippen molar-refractivity contribution in [3.63, 3.8) is 0 Å². The van der Waals surface area contributed by atoms with E-state index in [1.165, 1.54) is 0 Å². The van der Waals surface area contributed by atoms with Crippen LogP contribution in [0, 0.1) is 0 Å². The number of carbonyl (C=O) groups is 1. The van der Waals surface area contributed by atoms with E-state index >= 15 is 0 Å². The maximum absolute atomic E-state index is 11.6. The molecule has 0 aliphatic rings. The highest BCUT2D eigenvalue weighted by molar-refractivity contribution is 7.09. The average molecular weight is 345 g/mol. The third kappa shape index (κ3) is 5.53. The Morgan fingerprint density at radius 3 is 2.90 bits per heavy atom. The average Bonchev–Trinajstić information content (AvgIpc) is 2.98. The van der Waals surface area contributed by atoms with E-state index in [0.717, 1.165) is 4.88 Å². The topological polar surface area (TPSA) is 51.2 Å². The van der Waals surface area contributed by atoms with Gasteiger partial charge in [-0.2, -0.15) is 0 Å². The number of ether oxygens (including phenoxy) is 1. The molecule has 0 aliphatic carbocycles. The third-order valence-electron chi connectivity index (χ3n) is 2.67. The highest BCUT2D eigenvalue weighted by Gasteiger charge is 2.04. The molecule has 0 bridgehead atoms. The van der Waals surface area contributed by atoms with Gasteiger partial charge in [-0.1, -0.05) is 23.2 Å². The van der Waals surface area contributed by atoms with E-state index < -0.39 is 0 Å². The van der Waals surface area contributed by atoms with Gasteiger partial charge in [0.1, 0.15) is 12.4 Å². The van der Waals surface area contributed by atoms with Crippen LogP contribution in [0.3, 0.4) is 0 Å². The van der Waals surface area contributed by atoms with Crippen molar-refractivity contribution >= 4 is 40.4 Å². The number of benzene rings is 1. The molecule has 0 unspecified atom stereocenters. The number of nitrogens with zero attached hydrogens (tertiary/aromatic N) is 1. The van der Waals surface area contributed by atoms with Crippen LogP contribution in [0.15, 0.2) is 29.9 Å². The summed E-state index contributed by atoms with van der Waals surface area (Å²) in [6.45, 7) is 0.825. The Hall–Kier alpha value is -1.30. The van der Waals surface area contributed by atoms with Crippen LogP contribution in [0.2, 0.25) is 10.0 Å². The molecule has 0 atom stereocenters. The summed E-state index contributed by atoms with van der Waals surface area (Å²) in [7, 11) is 0. The number of aryl methyl sites for hydroxylation is 1. The number of amides is 1. The molecule has 4 nitrogen and oxygen atoms in total. The largest absolute Gasteiger partial charge is 0.492 e. The molecule has 1 heterocycles. The van der Waals surface area contributed by atoms with Crippen molar-refractivity contribution in [1.82, 2.24) is 10.3 Å². The maximum atomic E-state index is 11.6. The zero-order chi connectivity index (χ0) is 15.1. The lowest BCUT2D eigenvalue weighted by Gasteiger charge is -2.08. The minimum absolute atomic E-state index is 0.00105. The number of hydrogen-bond acceptors (Lipinski definition) is 4. The van der Waals surface area contributed by atoms with Crippen molar-refractivity contribution in [2.24, 2.45) is 0 Å². The molecule has 21 heavy (non-hydrogen) atoms. The molecule has 1 aromatic carbocycles. The Morgan fingerprint density at radius 1 is 1.33 bits per heavy atom. The lowest BCUT2D eigenvalue weighted by Crippen LogP contribution is -2.28. The van der Waals surface area contributed by atoms with Gasteiger partial charge in [0.2, 0.25) is 5.91 Å². The lowest BCUT2D eigenvalue weighted by molar-refractivity contribution is -0.121. The van der Waals surface area contributed by atoms with Crippen molar-refractivity contribution in [2.75, 3.05) is 13.2 Å². The monoisotopic (exact) mass is 344 g/mol. The van der Waals surface area contributed by atoms with E-state index in [-0.39, 0.29) is 5.91 Å². The van der Waals surface area contributed by atoms with Crippen molar-refractivity contribution < 1.29 is 9.53 Å². The van der Waals surface area contributed by atoms with Crippen LogP contribution in [0.4, 0.5) is 0 Å². The lowest BCUT2D eigenvalue weighted by atomic mass is 10.3. The normalized spacial score (nSPS) is 10.4. The van der Waals surface area contributed by atoms with Crippen molar-refractivity contribution in [3.8, 4) is 5.75 Å². The summed E-state index contributed by atoms with van der Waals surface area (Å²) in [6.07, 6.45) is 2.95. The quantitative estimate of drug-likeness (QED) is 0.781. The van der Waals surface area contributed by atoms with E-state index in [1.807, 2.05) is 0 Å². The van der Waals surface area contributed by atoms with Crippen molar-refractivity contribution in [1.29, 1.82) is 0 Å². The molecule has 1 aromatic heterocycles. The smallest absolute Gasteiger partial charge is 0.220 e. The van der Waals surface area contributed by atoms with Crippen LogP contribution in [0.1, 0.15) is 11.3 Å². The van der Waals surface area contributed by atoms with Crippen LogP contribution in [0.5, 0.6) is 5.75 Å². The summed E-state index contributed by atoms with van der Waals surface area (Å²) < 4.78 is 5.48. The molecule has 112 valence electrons. The van der Waals surface area contributed by atoms with Gasteiger partial charge in [0.05, 0.1) is 22.1 Å². The Balaban J connectivity index is 1.62. The number of rotatable bonds is 7. The summed E-state index contributed by atoms with van der Waals surface area (Å²) in [6, 6.07) is 5.06. The van der Waals surface area contributed by atoms with Crippen molar-refractivity contribution in [3.05, 3.63) is 44.8 Å². The molecule has 0 saturated heterocycles. The van der Waals surface area contributed by atoms with Crippen LogP contribution < -0.4 is 10.1 Å². The SMILES string of the molecule is O=C(CCc1cncs1)NCCOc1ccc(Cl)c(Cl)c1. The number of halogens is 2. The second kappa shape index (κ2) is 8.22. The zero-order valence-electron chi connectivity index (χ0n) is 11.1. The van der Waals surface area contributed by atoms with E-state index in [4.69, 9.17) is 27.9 Å². The highest BCUT2D eigenvalue weighted by Crippen LogP contribution is 2.26. The highest BCUT2D eigenvalue weighted by atomic mass is 35.5. The van der Waals surface area contributed by atoms with Gasteiger partial charge in [-0.15, -0.1) is 11.3 Å². The summed E-state index contributed by atoms with van der Waals surface area (Å²) >= 11 is 13.2. The predicted molar refractivity (Wildman–Crippen MR) is 85.4 cm³/mol. The number of nitrogens with one attached hydrogen (secondary N) is 1. The Kier molecular flexibility index (Phi) is 6.29. The molecule has 0 spiro atoms. The van der Waals surface area contributed by atoms with E-state index in [0.29, 0.717) is 41.8 Å². The van der Waals surface area contributed by atoms with Gasteiger partial charge in [-0.25, -0.2) is 0 Å². The van der Waals surface area contributed by atoms with Gasteiger partial charge < -0.3 is 10.1 Å². The summed E-state index contributed by atoms with van der Waals surface area (Å²) in [5.74, 6) is 0.629. The van der Waals surface area contributed by atoms with E-state index in [9.17, 15) is 4.79 Å². The molecule has 0 aliphatic heterocycles. The van der Waals surface area contributed by atoms with Gasteiger partial charge in [0.25, 0.3) is 0 Å². The first kappa shape index (κ1) is 16.1. The zero-order valence-corrected chi connectivity index (χ0v) is 13.5. The summed E-state index contributed by atoms with van der Waals surface area (Å²) in [5, 5.41) is 3.74. The fourth-order valence-corrected chi connectivity index (χ4v) is 2.50. The number of thiazole rings is 1. The molecule has 7 heteroatoms.